The average Bonchev–Trinajstić information content (AvgIpc) is 1.51. The van der Waals surface area contributed by atoms with Crippen LogP contribution in [0.2, 0.25) is 0 Å². The van der Waals surface area contributed by atoms with Crippen molar-refractivity contribution >= 4 is 45.5 Å². The number of benzene rings is 8. The fraction of sp³-hybridized carbons (Fsp3) is 0.391. The third-order valence-electron chi connectivity index (χ3n) is 23.7. The summed E-state index contributed by atoms with van der Waals surface area (Å²) in [6, 6.07) is 20.2. The molecule has 32 heteroatoms. The Labute approximate surface area is 713 Å². The maximum Gasteiger partial charge on any atom is 0.350 e. The summed E-state index contributed by atoms with van der Waals surface area (Å²) in [6.07, 6.45) is 30.1. The van der Waals surface area contributed by atoms with E-state index in [-0.39, 0.29) is 71.7 Å². The van der Waals surface area contributed by atoms with Gasteiger partial charge in [-0.25, -0.2) is 0 Å². The van der Waals surface area contributed by atoms with Crippen LogP contribution in [0.5, 0.6) is 92.0 Å². The highest BCUT2D eigenvalue weighted by Crippen LogP contribution is 2.62. The van der Waals surface area contributed by atoms with E-state index in [1.165, 1.54) is 24.3 Å². The first-order valence-corrected chi connectivity index (χ1v) is 42.4. The first-order valence-electron chi connectivity index (χ1n) is 42.4. The Morgan fingerprint density at radius 3 is 0.452 bits per heavy atom. The molecule has 1 aliphatic carbocycles. The van der Waals surface area contributed by atoms with E-state index in [0.29, 0.717) is 95.9 Å². The van der Waals surface area contributed by atoms with Gasteiger partial charge in [-0.3, -0.25) is 80.9 Å². The Balaban J connectivity index is 1.23. The molecule has 124 heavy (non-hydrogen) atoms. The summed E-state index contributed by atoms with van der Waals surface area (Å²) in [5, 5.41) is 106. The van der Waals surface area contributed by atoms with E-state index in [0.717, 1.165) is 177 Å². The summed E-state index contributed by atoms with van der Waals surface area (Å²) < 4.78 is 57.0. The van der Waals surface area contributed by atoms with Crippen molar-refractivity contribution in [3.8, 4) is 92.0 Å². The normalized spacial score (nSPS) is 15.0. The largest absolute Gasteiger partial charge is 0.453 e. The topological polar surface area (TPSA) is 419 Å². The van der Waals surface area contributed by atoms with Crippen molar-refractivity contribution in [2.24, 2.45) is 0 Å². The van der Waals surface area contributed by atoms with Gasteiger partial charge in [0.25, 0.3) is 0 Å². The molecule has 4 heterocycles. The molecule has 0 radical (unpaired) electrons. The molecule has 0 unspecified atom stereocenters. The van der Waals surface area contributed by atoms with Gasteiger partial charge in [0.1, 0.15) is 46.0 Å². The number of nitrogens with zero attached hydrogens (tertiary/aromatic N) is 8. The molecule has 0 saturated heterocycles. The van der Waals surface area contributed by atoms with Crippen LogP contribution >= 0.6 is 0 Å². The van der Waals surface area contributed by atoms with E-state index >= 15 is 0 Å². The molecule has 8 aromatic carbocycles. The van der Waals surface area contributed by atoms with E-state index < -0.39 is 155 Å². The first-order chi connectivity index (χ1) is 60.0. The highest BCUT2D eigenvalue weighted by molar-refractivity contribution is 5.74. The van der Waals surface area contributed by atoms with Crippen molar-refractivity contribution in [3.63, 3.8) is 0 Å². The van der Waals surface area contributed by atoms with Crippen LogP contribution in [-0.2, 0) is 0 Å². The van der Waals surface area contributed by atoms with Crippen molar-refractivity contribution < 1.29 is 77.3 Å². The molecule has 13 rings (SSSR count). The minimum absolute atomic E-state index is 0.0773. The summed E-state index contributed by atoms with van der Waals surface area (Å²) in [5.41, 5.74) is -5.13. The van der Waals surface area contributed by atoms with Crippen molar-refractivity contribution in [1.82, 2.24) is 0 Å². The quantitative estimate of drug-likeness (QED) is 0.0148. The molecular weight excluding hydrogens is 1600 g/mol. The SMILES string of the molecule is C=CCCCCCCCCC1c2cc3c4cc2Oc2cc([N+](=O)[O-])c([N+](=O)[O-])cc2Oc2cc5c(cc21)C(CCCCCCCCC=C)c1cc2c(cc1Oc1cc([N+](=O)[O-])c([N+](=O)[O-])cc1O5)Oc1cc([N+](=O)[O-])c([N+](=O)[O-])cc1Oc1cc(c(cc1C2CCCCCCCCC=C)C3CCCCCCCCC=C)Oc1cc([N+](=O)[O-])c([N+](=O)[O-])cc1O4. The Morgan fingerprint density at radius 1 is 0.194 bits per heavy atom. The van der Waals surface area contributed by atoms with Gasteiger partial charge in [0.15, 0.2) is 46.0 Å². The van der Waals surface area contributed by atoms with E-state index in [9.17, 15) is 80.9 Å². The molecule has 0 amide bonds. The Hall–Kier alpha value is -13.7. The number of rotatable bonds is 44. The minimum Gasteiger partial charge on any atom is -0.453 e. The monoisotopic (exact) mass is 1700 g/mol. The lowest BCUT2D eigenvalue weighted by Crippen LogP contribution is -2.13. The lowest BCUT2D eigenvalue weighted by Gasteiger charge is -2.30. The lowest BCUT2D eigenvalue weighted by molar-refractivity contribution is -0.422. The summed E-state index contributed by atoms with van der Waals surface area (Å²) >= 11 is 0. The third-order valence-corrected chi connectivity index (χ3v) is 23.7. The number of nitro benzene ring substituents is 8. The summed E-state index contributed by atoms with van der Waals surface area (Å²) in [6.45, 7) is 15.6. The second kappa shape index (κ2) is 40.3. The highest BCUT2D eigenvalue weighted by Gasteiger charge is 2.43. The van der Waals surface area contributed by atoms with Gasteiger partial charge in [0.05, 0.1) is 87.9 Å². The predicted molar refractivity (Wildman–Crippen MR) is 461 cm³/mol. The van der Waals surface area contributed by atoms with Gasteiger partial charge >= 0.3 is 45.5 Å². The number of hydrogen-bond donors (Lipinski definition) is 0. The van der Waals surface area contributed by atoms with Crippen LogP contribution in [0.4, 0.5) is 45.5 Å². The maximum atomic E-state index is 13.3. The molecule has 0 spiro atoms. The van der Waals surface area contributed by atoms with Gasteiger partial charge in [-0.05, 0) is 101 Å². The summed E-state index contributed by atoms with van der Waals surface area (Å²) in [5.74, 6) is -7.97. The van der Waals surface area contributed by atoms with Crippen LogP contribution in [0, 0.1) is 80.9 Å². The molecule has 0 atom stereocenters. The molecule has 4 aliphatic heterocycles. The minimum atomic E-state index is -1.02. The van der Waals surface area contributed by atoms with Gasteiger partial charge in [-0.2, -0.15) is 0 Å². The van der Waals surface area contributed by atoms with E-state index in [1.807, 2.05) is 48.6 Å². The zero-order valence-corrected chi connectivity index (χ0v) is 68.7. The van der Waals surface area contributed by atoms with E-state index in [1.54, 1.807) is 0 Å². The third kappa shape index (κ3) is 19.9. The van der Waals surface area contributed by atoms with Crippen LogP contribution in [-0.4, -0.2) is 39.4 Å². The van der Waals surface area contributed by atoms with Crippen LogP contribution < -0.4 is 37.9 Å². The standard InChI is InChI=1S/C92H96N8O24/c1-5-9-13-17-21-25-29-33-37-57-61-41-63-58(38-34-30-26-22-18-14-10-6-2)65-43-67-60(40-36-32-28-24-20-16-12-8-4)68-44-66-59(39-35-31-27-23-19-15-11-7-3)64-42-62(57)78-54-80(64)120-88-48-72(96(107)108)74(98(111)112)50-90(88)122-82(66)56-84(68)124-92-52-76(100(115)116)75(99(113)114)51-91(92)123-83(67)55-81(65)121-89-49-73(97(109)110)71(95(105)106)47-87(89)119-79(63)53-77(61)117-85-45-69(93(101)102)70(94(103)104)46-86(85)118-78/h5-8,41-60H,1-4,9-40H2. The molecule has 0 fully saturated rings. The molecule has 32 nitrogen and oxygen atoms in total. The molecule has 8 aromatic rings. The number of hydrogen-bond acceptors (Lipinski definition) is 24. The van der Waals surface area contributed by atoms with Crippen molar-refractivity contribution in [2.75, 3.05) is 0 Å². The molecule has 0 aromatic heterocycles. The van der Waals surface area contributed by atoms with Crippen LogP contribution in [0.25, 0.3) is 0 Å². The first kappa shape index (κ1) is 88.1. The zero-order valence-electron chi connectivity index (χ0n) is 68.7. The maximum absolute atomic E-state index is 13.3. The number of ether oxygens (including phenoxy) is 8. The number of nitro groups is 8. The number of unbranched alkanes of at least 4 members (excludes halogenated alkanes) is 24. The lowest BCUT2D eigenvalue weighted by atomic mass is 9.76. The van der Waals surface area contributed by atoms with Gasteiger partial charge in [-0.15, -0.1) is 26.3 Å². The summed E-state index contributed by atoms with van der Waals surface area (Å²) in [4.78, 5) is 98.6. The highest BCUT2D eigenvalue weighted by atomic mass is 16.7. The molecule has 0 N–H and O–H groups in total. The molecule has 0 saturated carbocycles. The van der Waals surface area contributed by atoms with Crippen molar-refractivity contribution in [2.45, 2.75) is 229 Å². The van der Waals surface area contributed by atoms with Crippen molar-refractivity contribution in [3.05, 3.63) is 273 Å². The van der Waals surface area contributed by atoms with Crippen LogP contribution in [0.3, 0.4) is 0 Å². The van der Waals surface area contributed by atoms with E-state index in [4.69, 9.17) is 37.9 Å². The number of fused-ring (bicyclic) bond motifs is 4. The molecule has 8 bridgehead atoms. The van der Waals surface area contributed by atoms with Crippen molar-refractivity contribution in [1.29, 1.82) is 0 Å². The fourth-order valence-electron chi connectivity index (χ4n) is 17.5. The van der Waals surface area contributed by atoms with Crippen LogP contribution in [0.1, 0.15) is 274 Å². The fourth-order valence-corrected chi connectivity index (χ4v) is 17.5. The second-order valence-electron chi connectivity index (χ2n) is 31.9. The molecule has 648 valence electrons. The smallest absolute Gasteiger partial charge is 0.350 e. The average molecular weight is 1700 g/mol. The molecular formula is C92H96N8O24. The summed E-state index contributed by atoms with van der Waals surface area (Å²) in [7, 11) is 0. The van der Waals surface area contributed by atoms with Gasteiger partial charge in [-0.1, -0.05) is 153 Å². The number of allylic oxidation sites excluding steroid dienone is 4. The molecule has 5 aliphatic rings. The van der Waals surface area contributed by atoms with Gasteiger partial charge in [0.2, 0.25) is 0 Å². The van der Waals surface area contributed by atoms with Crippen LogP contribution in [0.15, 0.2) is 148 Å². The Morgan fingerprint density at radius 2 is 0.323 bits per heavy atom. The van der Waals surface area contributed by atoms with E-state index in [2.05, 4.69) is 26.3 Å². The zero-order chi connectivity index (χ0) is 87.8. The van der Waals surface area contributed by atoms with Gasteiger partial charge in [0, 0.05) is 92.4 Å². The Bertz CT molecular complexity index is 4600. The predicted octanol–water partition coefficient (Wildman–Crippen LogP) is 28.6. The second-order valence-corrected chi connectivity index (χ2v) is 31.9. The Kier molecular flexibility index (Phi) is 28.7. The van der Waals surface area contributed by atoms with Gasteiger partial charge < -0.3 is 37.9 Å².